The van der Waals surface area contributed by atoms with Crippen LogP contribution in [0.25, 0.3) is 0 Å². The number of ketones is 1. The van der Waals surface area contributed by atoms with Gasteiger partial charge in [-0.1, -0.05) is 60.7 Å². The van der Waals surface area contributed by atoms with Gasteiger partial charge < -0.3 is 19.6 Å². The molecule has 0 saturated carbocycles. The second kappa shape index (κ2) is 21.2. The fraction of sp³-hybridized carbons (Fsp3) is 0.543. The molecule has 0 heterocycles. The number of amides is 1. The first-order chi connectivity index (χ1) is 21.1. The predicted octanol–water partition coefficient (Wildman–Crippen LogP) is 4.92. The Morgan fingerprint density at radius 3 is 1.52 bits per heavy atom. The third-order valence-electron chi connectivity index (χ3n) is 7.18. The third-order valence-corrected chi connectivity index (χ3v) is 7.18. The number of hydrogen-bond acceptors (Lipinski definition) is 8. The Bertz CT molecular complexity index is 1040. The van der Waals surface area contributed by atoms with Crippen LogP contribution < -0.4 is 5.32 Å². The molecule has 1 amide bonds. The quantitative estimate of drug-likeness (QED) is 0.148. The molecule has 0 spiro atoms. The number of hydrogen-bond donors (Lipinski definition) is 1. The number of rotatable bonds is 22. The Morgan fingerprint density at radius 1 is 0.659 bits per heavy atom. The van der Waals surface area contributed by atoms with Crippen molar-refractivity contribution >= 4 is 23.6 Å². The minimum absolute atomic E-state index is 0.109. The van der Waals surface area contributed by atoms with E-state index in [1.165, 1.54) is 31.9 Å². The molecule has 0 radical (unpaired) electrons. The van der Waals surface area contributed by atoms with Crippen molar-refractivity contribution in [2.45, 2.75) is 91.5 Å². The second-order valence-electron chi connectivity index (χ2n) is 11.5. The molecule has 0 bridgehead atoms. The number of unbranched alkanes of at least 4 members (excludes halogenated alkanes) is 1. The van der Waals surface area contributed by atoms with Gasteiger partial charge in [0.1, 0.15) is 18.0 Å². The van der Waals surface area contributed by atoms with E-state index in [0.717, 1.165) is 39.0 Å². The van der Waals surface area contributed by atoms with Crippen molar-refractivity contribution in [1.29, 1.82) is 0 Å². The van der Waals surface area contributed by atoms with Gasteiger partial charge in [-0.15, -0.1) is 0 Å². The van der Waals surface area contributed by atoms with Crippen LogP contribution in [0.2, 0.25) is 0 Å². The average molecular weight is 610 g/mol. The third kappa shape index (κ3) is 17.5. The van der Waals surface area contributed by atoms with Crippen molar-refractivity contribution in [2.24, 2.45) is 0 Å². The summed E-state index contributed by atoms with van der Waals surface area (Å²) in [5.74, 6) is -0.615. The van der Waals surface area contributed by atoms with Crippen LogP contribution in [0, 0.1) is 0 Å². The van der Waals surface area contributed by atoms with E-state index in [1.54, 1.807) is 6.92 Å². The minimum Gasteiger partial charge on any atom is -0.461 e. The summed E-state index contributed by atoms with van der Waals surface area (Å²) in [6, 6.07) is 20.5. The molecule has 0 aliphatic heterocycles. The number of nitrogens with one attached hydrogen (secondary N) is 1. The largest absolute Gasteiger partial charge is 0.461 e. The second-order valence-corrected chi connectivity index (χ2v) is 11.5. The Morgan fingerprint density at radius 2 is 1.11 bits per heavy atom. The highest BCUT2D eigenvalue weighted by Crippen LogP contribution is 2.14. The maximum absolute atomic E-state index is 11.9. The number of carbonyl (C=O) groups is 4. The monoisotopic (exact) mass is 609 g/mol. The van der Waals surface area contributed by atoms with E-state index in [2.05, 4.69) is 39.4 Å². The highest BCUT2D eigenvalue weighted by Gasteiger charge is 2.20. The summed E-state index contributed by atoms with van der Waals surface area (Å²) in [5.41, 5.74) is 2.36. The highest BCUT2D eigenvalue weighted by molar-refractivity contribution is 5.75. The number of nitrogens with zero attached hydrogens (tertiary/aromatic N) is 2. The van der Waals surface area contributed by atoms with Crippen molar-refractivity contribution in [3.05, 3.63) is 71.8 Å². The van der Waals surface area contributed by atoms with Crippen molar-refractivity contribution in [1.82, 2.24) is 15.1 Å². The Balaban J connectivity index is 2.07. The lowest BCUT2D eigenvalue weighted by atomic mass is 10.1. The molecule has 2 aromatic carbocycles. The zero-order chi connectivity index (χ0) is 32.2. The zero-order valence-corrected chi connectivity index (χ0v) is 27.0. The van der Waals surface area contributed by atoms with Crippen LogP contribution in [-0.4, -0.2) is 78.4 Å². The van der Waals surface area contributed by atoms with Crippen LogP contribution in [0.5, 0.6) is 0 Å². The van der Waals surface area contributed by atoms with Crippen LogP contribution in [0.4, 0.5) is 0 Å². The van der Waals surface area contributed by atoms with Gasteiger partial charge in [0.25, 0.3) is 0 Å². The normalized spacial score (nSPS) is 12.5. The summed E-state index contributed by atoms with van der Waals surface area (Å²) >= 11 is 0. The van der Waals surface area contributed by atoms with E-state index in [9.17, 15) is 19.2 Å². The van der Waals surface area contributed by atoms with Crippen LogP contribution in [0.3, 0.4) is 0 Å². The van der Waals surface area contributed by atoms with Gasteiger partial charge in [-0.3, -0.25) is 24.2 Å². The van der Waals surface area contributed by atoms with Gasteiger partial charge in [0.15, 0.2) is 0 Å². The number of carbonyl (C=O) groups excluding carboxylic acids is 4. The van der Waals surface area contributed by atoms with Crippen molar-refractivity contribution in [3.63, 3.8) is 0 Å². The standard InChI is InChI=1S/C35H51N3O6/c1-28(39)14-13-19-34(43-30(3)41)26-37(24-32-15-7-5-8-16-32)22-11-12-23-38(25-33-17-9-6-10-18-33)27-35(44-31(4)42)20-21-36-29(2)40/h5-10,15-18,34-35H,11-14,19-27H2,1-4H3,(H,36,40)/t34-,35-/m0/s1. The van der Waals surface area contributed by atoms with Gasteiger partial charge in [-0.05, 0) is 56.8 Å². The summed E-state index contributed by atoms with van der Waals surface area (Å²) in [4.78, 5) is 51.2. The molecule has 9 nitrogen and oxygen atoms in total. The molecule has 2 rings (SSSR count). The molecule has 2 aromatic rings. The number of ether oxygens (including phenoxy) is 2. The Hall–Kier alpha value is -3.56. The molecule has 44 heavy (non-hydrogen) atoms. The van der Waals surface area contributed by atoms with E-state index in [0.29, 0.717) is 45.3 Å². The lowest BCUT2D eigenvalue weighted by Crippen LogP contribution is -2.38. The molecule has 0 fully saturated rings. The van der Waals surface area contributed by atoms with Gasteiger partial charge in [0.2, 0.25) is 5.91 Å². The van der Waals surface area contributed by atoms with E-state index in [-0.39, 0.29) is 35.8 Å². The van der Waals surface area contributed by atoms with E-state index < -0.39 is 0 Å². The van der Waals surface area contributed by atoms with E-state index in [1.807, 2.05) is 36.4 Å². The molecule has 2 atom stereocenters. The van der Waals surface area contributed by atoms with Gasteiger partial charge in [0.05, 0.1) is 0 Å². The highest BCUT2D eigenvalue weighted by atomic mass is 16.5. The fourth-order valence-corrected chi connectivity index (χ4v) is 5.23. The van der Waals surface area contributed by atoms with Gasteiger partial charge >= 0.3 is 11.9 Å². The predicted molar refractivity (Wildman–Crippen MR) is 172 cm³/mol. The summed E-state index contributed by atoms with van der Waals surface area (Å²) < 4.78 is 11.3. The summed E-state index contributed by atoms with van der Waals surface area (Å²) in [7, 11) is 0. The maximum atomic E-state index is 11.9. The first-order valence-electron chi connectivity index (χ1n) is 15.7. The van der Waals surface area contributed by atoms with Gasteiger partial charge in [0, 0.05) is 66.3 Å². The minimum atomic E-state index is -0.336. The fourth-order valence-electron chi connectivity index (χ4n) is 5.23. The molecule has 9 heteroatoms. The molecule has 0 aromatic heterocycles. The first kappa shape index (κ1) is 36.6. The molecule has 0 unspecified atom stereocenters. The molecule has 1 N–H and O–H groups in total. The zero-order valence-electron chi connectivity index (χ0n) is 27.0. The van der Waals surface area contributed by atoms with Gasteiger partial charge in [-0.2, -0.15) is 0 Å². The average Bonchev–Trinajstić information content (AvgIpc) is 2.95. The first-order valence-corrected chi connectivity index (χ1v) is 15.7. The molecule has 242 valence electrons. The summed E-state index contributed by atoms with van der Waals surface area (Å²) in [5, 5.41) is 2.80. The molecular weight excluding hydrogens is 558 g/mol. The number of benzene rings is 2. The number of esters is 2. The lowest BCUT2D eigenvalue weighted by molar-refractivity contribution is -0.148. The summed E-state index contributed by atoms with van der Waals surface area (Å²) in [6.45, 7) is 10.6. The van der Waals surface area contributed by atoms with Crippen LogP contribution >= 0.6 is 0 Å². The van der Waals surface area contributed by atoms with Crippen molar-refractivity contribution in [3.8, 4) is 0 Å². The molecular formula is C35H51N3O6. The van der Waals surface area contributed by atoms with Crippen molar-refractivity contribution < 1.29 is 28.7 Å². The van der Waals surface area contributed by atoms with Crippen LogP contribution in [0.1, 0.15) is 77.3 Å². The number of Topliss-reactive ketones (excluding diaryl/α,β-unsaturated/α-hetero) is 1. The smallest absolute Gasteiger partial charge is 0.302 e. The van der Waals surface area contributed by atoms with Crippen molar-refractivity contribution in [2.75, 3.05) is 32.7 Å². The topological polar surface area (TPSA) is 105 Å². The van der Waals surface area contributed by atoms with Gasteiger partial charge in [-0.25, -0.2) is 0 Å². The maximum Gasteiger partial charge on any atom is 0.302 e. The Kier molecular flexibility index (Phi) is 17.6. The summed E-state index contributed by atoms with van der Waals surface area (Å²) in [6.07, 6.45) is 3.57. The van der Waals surface area contributed by atoms with Crippen LogP contribution in [-0.2, 0) is 41.7 Å². The Labute approximate surface area is 263 Å². The molecule has 0 aliphatic carbocycles. The molecule has 0 aliphatic rings. The van der Waals surface area contributed by atoms with E-state index >= 15 is 0 Å². The molecule has 0 saturated heterocycles. The van der Waals surface area contributed by atoms with E-state index in [4.69, 9.17) is 9.47 Å². The lowest BCUT2D eigenvalue weighted by Gasteiger charge is -2.29. The van der Waals surface area contributed by atoms with Crippen LogP contribution in [0.15, 0.2) is 60.7 Å². The SMILES string of the molecule is CC(=O)CCC[C@@H](CN(CCCCN(Cc1ccccc1)C[C@H](CCNC(C)=O)OC(C)=O)Cc1ccccc1)OC(C)=O.